The first-order valence-electron chi connectivity index (χ1n) is 8.48. The minimum absolute atomic E-state index is 0.0534. The normalized spacial score (nSPS) is 22.2. The van der Waals surface area contributed by atoms with Crippen molar-refractivity contribution in [3.05, 3.63) is 17.9 Å². The quantitative estimate of drug-likeness (QED) is 0.686. The molecule has 0 bridgehead atoms. The van der Waals surface area contributed by atoms with Crippen LogP contribution in [0.25, 0.3) is 0 Å². The molecule has 0 saturated carbocycles. The first kappa shape index (κ1) is 18.9. The van der Waals surface area contributed by atoms with E-state index in [1.807, 2.05) is 0 Å². The van der Waals surface area contributed by atoms with Crippen molar-refractivity contribution in [1.82, 2.24) is 9.21 Å². The molecular formula is C16H22N2O7S. The number of sulfonamides is 1. The van der Waals surface area contributed by atoms with E-state index in [9.17, 15) is 18.0 Å². The van der Waals surface area contributed by atoms with Gasteiger partial charge in [0.15, 0.2) is 5.76 Å². The highest BCUT2D eigenvalue weighted by Gasteiger charge is 2.33. The van der Waals surface area contributed by atoms with Crippen LogP contribution in [0.3, 0.4) is 0 Å². The van der Waals surface area contributed by atoms with Crippen LogP contribution >= 0.6 is 0 Å². The number of hydrogen-bond acceptors (Lipinski definition) is 7. The molecule has 144 valence electrons. The third kappa shape index (κ3) is 3.76. The first-order valence-corrected chi connectivity index (χ1v) is 9.92. The number of ether oxygens (including phenoxy) is 2. The van der Waals surface area contributed by atoms with Crippen LogP contribution in [0.2, 0.25) is 0 Å². The second-order valence-corrected chi connectivity index (χ2v) is 8.12. The third-order valence-electron chi connectivity index (χ3n) is 4.60. The molecule has 0 radical (unpaired) electrons. The lowest BCUT2D eigenvalue weighted by Gasteiger charge is -2.30. The van der Waals surface area contributed by atoms with E-state index in [0.717, 1.165) is 0 Å². The summed E-state index contributed by atoms with van der Waals surface area (Å²) in [5, 5.41) is -0.260. The number of esters is 1. The van der Waals surface area contributed by atoms with Crippen LogP contribution in [0.15, 0.2) is 21.6 Å². The Morgan fingerprint density at radius 2 is 1.92 bits per heavy atom. The summed E-state index contributed by atoms with van der Waals surface area (Å²) < 4.78 is 41.7. The van der Waals surface area contributed by atoms with Gasteiger partial charge in [0.2, 0.25) is 5.09 Å². The molecule has 9 nitrogen and oxygen atoms in total. The van der Waals surface area contributed by atoms with Crippen molar-refractivity contribution in [3.8, 4) is 0 Å². The van der Waals surface area contributed by atoms with Crippen LogP contribution in [0.5, 0.6) is 0 Å². The zero-order valence-corrected chi connectivity index (χ0v) is 15.4. The van der Waals surface area contributed by atoms with Crippen molar-refractivity contribution < 1.29 is 31.9 Å². The Labute approximate surface area is 151 Å². The van der Waals surface area contributed by atoms with Gasteiger partial charge in [-0.1, -0.05) is 0 Å². The number of hydrogen-bond donors (Lipinski definition) is 0. The number of likely N-dealkylation sites (tertiary alicyclic amines) is 1. The largest absolute Gasteiger partial charge is 0.469 e. The first-order chi connectivity index (χ1) is 12.4. The molecule has 3 heterocycles. The number of carbonyl (C=O) groups is 2. The maximum Gasteiger partial charge on any atom is 0.310 e. The minimum atomic E-state index is -3.79. The zero-order valence-electron chi connectivity index (χ0n) is 14.5. The maximum absolute atomic E-state index is 12.6. The molecule has 1 amide bonds. The molecule has 1 unspecified atom stereocenters. The molecule has 1 aromatic rings. The molecule has 0 aromatic carbocycles. The number of carbonyl (C=O) groups excluding carboxylic acids is 2. The van der Waals surface area contributed by atoms with Gasteiger partial charge in [0.25, 0.3) is 15.9 Å². The van der Waals surface area contributed by atoms with E-state index in [-0.39, 0.29) is 42.4 Å². The Balaban J connectivity index is 1.72. The molecule has 2 fully saturated rings. The van der Waals surface area contributed by atoms with Crippen molar-refractivity contribution in [2.24, 2.45) is 5.92 Å². The van der Waals surface area contributed by atoms with Crippen LogP contribution in [-0.4, -0.2) is 76.0 Å². The average molecular weight is 386 g/mol. The van der Waals surface area contributed by atoms with Gasteiger partial charge in [0.05, 0.1) is 26.2 Å². The van der Waals surface area contributed by atoms with E-state index in [4.69, 9.17) is 13.9 Å². The highest BCUT2D eigenvalue weighted by Crippen LogP contribution is 2.23. The van der Waals surface area contributed by atoms with Gasteiger partial charge < -0.3 is 18.8 Å². The van der Waals surface area contributed by atoms with Gasteiger partial charge in [0, 0.05) is 26.2 Å². The molecular weight excluding hydrogens is 364 g/mol. The van der Waals surface area contributed by atoms with Crippen LogP contribution in [-0.2, 0) is 24.3 Å². The lowest BCUT2D eigenvalue weighted by molar-refractivity contribution is -0.146. The molecule has 2 aliphatic heterocycles. The Kier molecular flexibility index (Phi) is 5.64. The summed E-state index contributed by atoms with van der Waals surface area (Å²) >= 11 is 0. The van der Waals surface area contributed by atoms with Gasteiger partial charge >= 0.3 is 5.97 Å². The average Bonchev–Trinajstić information content (AvgIpc) is 3.18. The molecule has 10 heteroatoms. The summed E-state index contributed by atoms with van der Waals surface area (Å²) in [7, 11) is -2.47. The Morgan fingerprint density at radius 1 is 1.19 bits per heavy atom. The zero-order chi connectivity index (χ0) is 18.7. The van der Waals surface area contributed by atoms with Crippen molar-refractivity contribution in [1.29, 1.82) is 0 Å². The number of nitrogens with zero attached hydrogens (tertiary/aromatic N) is 2. The highest BCUT2D eigenvalue weighted by molar-refractivity contribution is 7.89. The Bertz CT molecular complexity index is 767. The summed E-state index contributed by atoms with van der Waals surface area (Å²) in [6.45, 7) is 1.87. The number of methoxy groups -OCH3 is 1. The monoisotopic (exact) mass is 386 g/mol. The standard InChI is InChI=1S/C16H22N2O7S/c1-23-16(20)12-3-2-6-17(11-12)15(19)13-4-5-14(25-13)26(21,22)18-7-9-24-10-8-18/h4-5,12H,2-3,6-11H2,1H3. The summed E-state index contributed by atoms with van der Waals surface area (Å²) in [6, 6.07) is 2.65. The predicted octanol–water partition coefficient (Wildman–Crippen LogP) is 0.326. The fraction of sp³-hybridized carbons (Fsp3) is 0.625. The fourth-order valence-corrected chi connectivity index (χ4v) is 4.48. The molecule has 2 aliphatic rings. The molecule has 3 rings (SSSR count). The lowest BCUT2D eigenvalue weighted by atomic mass is 9.98. The molecule has 0 N–H and O–H groups in total. The summed E-state index contributed by atoms with van der Waals surface area (Å²) in [5.74, 6) is -1.20. The van der Waals surface area contributed by atoms with Crippen LogP contribution < -0.4 is 0 Å². The van der Waals surface area contributed by atoms with Crippen LogP contribution in [0.1, 0.15) is 23.4 Å². The van der Waals surface area contributed by atoms with Gasteiger partial charge in [-0.3, -0.25) is 9.59 Å². The lowest BCUT2D eigenvalue weighted by Crippen LogP contribution is -2.42. The fourth-order valence-electron chi connectivity index (χ4n) is 3.16. The topological polar surface area (TPSA) is 106 Å². The predicted molar refractivity (Wildman–Crippen MR) is 88.9 cm³/mol. The maximum atomic E-state index is 12.6. The highest BCUT2D eigenvalue weighted by atomic mass is 32.2. The van der Waals surface area contributed by atoms with Crippen LogP contribution in [0, 0.1) is 5.92 Å². The van der Waals surface area contributed by atoms with Crippen LogP contribution in [0.4, 0.5) is 0 Å². The summed E-state index contributed by atoms with van der Waals surface area (Å²) in [5.41, 5.74) is 0. The molecule has 0 aliphatic carbocycles. The second-order valence-electron chi connectivity index (χ2n) is 6.25. The van der Waals surface area contributed by atoms with Gasteiger partial charge in [-0.15, -0.1) is 0 Å². The number of amides is 1. The van der Waals surface area contributed by atoms with E-state index in [1.165, 1.54) is 28.4 Å². The molecule has 1 aromatic heterocycles. The molecule has 2 saturated heterocycles. The summed E-state index contributed by atoms with van der Waals surface area (Å²) in [6.07, 6.45) is 1.33. The van der Waals surface area contributed by atoms with E-state index in [2.05, 4.69) is 0 Å². The third-order valence-corrected chi connectivity index (χ3v) is 6.37. The van der Waals surface area contributed by atoms with Gasteiger partial charge in [-0.2, -0.15) is 4.31 Å². The Hall–Kier alpha value is -1.91. The summed E-state index contributed by atoms with van der Waals surface area (Å²) in [4.78, 5) is 25.8. The SMILES string of the molecule is COC(=O)C1CCCN(C(=O)c2ccc(S(=O)(=O)N3CCOCC3)o2)C1. The number of piperidine rings is 1. The van der Waals surface area contributed by atoms with Crippen molar-refractivity contribution >= 4 is 21.9 Å². The molecule has 1 atom stereocenters. The molecule has 26 heavy (non-hydrogen) atoms. The van der Waals surface area contributed by atoms with Gasteiger partial charge in [-0.05, 0) is 25.0 Å². The number of morpholine rings is 1. The van der Waals surface area contributed by atoms with Crippen molar-refractivity contribution in [2.45, 2.75) is 17.9 Å². The second kappa shape index (κ2) is 7.77. The minimum Gasteiger partial charge on any atom is -0.469 e. The van der Waals surface area contributed by atoms with E-state index < -0.39 is 15.9 Å². The van der Waals surface area contributed by atoms with E-state index >= 15 is 0 Å². The van der Waals surface area contributed by atoms with Crippen molar-refractivity contribution in [3.63, 3.8) is 0 Å². The van der Waals surface area contributed by atoms with Gasteiger partial charge in [0.1, 0.15) is 0 Å². The molecule has 0 spiro atoms. The van der Waals surface area contributed by atoms with Crippen molar-refractivity contribution in [2.75, 3.05) is 46.5 Å². The number of rotatable bonds is 4. The van der Waals surface area contributed by atoms with E-state index in [1.54, 1.807) is 0 Å². The van der Waals surface area contributed by atoms with E-state index in [0.29, 0.717) is 32.6 Å². The van der Waals surface area contributed by atoms with Gasteiger partial charge in [-0.25, -0.2) is 8.42 Å². The number of furan rings is 1. The smallest absolute Gasteiger partial charge is 0.310 e. The Morgan fingerprint density at radius 3 is 2.62 bits per heavy atom.